The number of carbonyl (C=O) groups excluding carboxylic acids is 3. The molecule has 0 radical (unpaired) electrons. The average molecular weight is 324 g/mol. The van der Waals surface area contributed by atoms with Crippen LogP contribution in [0.5, 0.6) is 0 Å². The molecular weight excluding hydrogens is 308 g/mol. The summed E-state index contributed by atoms with van der Waals surface area (Å²) in [6.45, 7) is 5.66. The lowest BCUT2D eigenvalue weighted by Gasteiger charge is -2.20. The zero-order valence-corrected chi connectivity index (χ0v) is 13.5. The Labute approximate surface area is 138 Å². The molecule has 0 unspecified atom stereocenters. The van der Waals surface area contributed by atoms with Crippen LogP contribution >= 0.6 is 0 Å². The SMILES string of the molecule is CC(C)(C)NC(=O)c1ccc(N2C(=O)c3nccnc3C2=O)cc1. The Morgan fingerprint density at radius 2 is 1.46 bits per heavy atom. The van der Waals surface area contributed by atoms with Crippen molar-refractivity contribution >= 4 is 23.4 Å². The van der Waals surface area contributed by atoms with E-state index in [2.05, 4.69) is 15.3 Å². The zero-order valence-electron chi connectivity index (χ0n) is 13.5. The molecule has 0 saturated heterocycles. The largest absolute Gasteiger partial charge is 0.347 e. The second kappa shape index (κ2) is 5.52. The predicted octanol–water partition coefficient (Wildman–Crippen LogP) is 1.81. The molecule has 0 fully saturated rings. The Bertz CT molecular complexity index is 803. The number of benzene rings is 1. The number of nitrogens with one attached hydrogen (secondary N) is 1. The zero-order chi connectivity index (χ0) is 17.5. The smallest absolute Gasteiger partial charge is 0.286 e. The van der Waals surface area contributed by atoms with E-state index in [4.69, 9.17) is 0 Å². The molecule has 2 aromatic rings. The minimum absolute atomic E-state index is 0.0389. The van der Waals surface area contributed by atoms with E-state index in [1.165, 1.54) is 12.4 Å². The third kappa shape index (κ3) is 2.76. The van der Waals surface area contributed by atoms with Gasteiger partial charge in [0.2, 0.25) is 0 Å². The number of anilines is 1. The molecule has 1 aromatic heterocycles. The van der Waals surface area contributed by atoms with Gasteiger partial charge in [-0.3, -0.25) is 14.4 Å². The van der Waals surface area contributed by atoms with Crippen molar-refractivity contribution in [2.75, 3.05) is 4.90 Å². The second-order valence-electron chi connectivity index (χ2n) is 6.45. The van der Waals surface area contributed by atoms with Crippen molar-refractivity contribution in [3.05, 3.63) is 53.6 Å². The summed E-state index contributed by atoms with van der Waals surface area (Å²) >= 11 is 0. The van der Waals surface area contributed by atoms with Crippen LogP contribution in [0.1, 0.15) is 52.1 Å². The molecule has 2 heterocycles. The molecular formula is C17H16N4O3. The van der Waals surface area contributed by atoms with Crippen molar-refractivity contribution in [2.45, 2.75) is 26.3 Å². The van der Waals surface area contributed by atoms with Gasteiger partial charge in [0.05, 0.1) is 5.69 Å². The van der Waals surface area contributed by atoms with Crippen LogP contribution in [0.4, 0.5) is 5.69 Å². The van der Waals surface area contributed by atoms with Crippen LogP contribution in [0, 0.1) is 0 Å². The highest BCUT2D eigenvalue weighted by molar-refractivity contribution is 6.33. The van der Waals surface area contributed by atoms with Crippen LogP contribution in [0.15, 0.2) is 36.7 Å². The molecule has 122 valence electrons. The maximum Gasteiger partial charge on any atom is 0.286 e. The van der Waals surface area contributed by atoms with Crippen LogP contribution in [0.2, 0.25) is 0 Å². The normalized spacial score (nSPS) is 13.9. The Kier molecular flexibility index (Phi) is 3.63. The molecule has 3 rings (SSSR count). The summed E-state index contributed by atoms with van der Waals surface area (Å²) in [6, 6.07) is 6.25. The average Bonchev–Trinajstić information content (AvgIpc) is 2.78. The molecule has 1 aliphatic heterocycles. The Balaban J connectivity index is 1.86. The van der Waals surface area contributed by atoms with Crippen LogP contribution in [0.3, 0.4) is 0 Å². The highest BCUT2D eigenvalue weighted by Gasteiger charge is 2.39. The number of carbonyl (C=O) groups is 3. The monoisotopic (exact) mass is 324 g/mol. The third-order valence-corrected chi connectivity index (χ3v) is 3.39. The maximum absolute atomic E-state index is 12.3. The summed E-state index contributed by atoms with van der Waals surface area (Å²) in [5, 5.41) is 2.85. The Hall–Kier alpha value is -3.09. The Morgan fingerprint density at radius 3 is 1.92 bits per heavy atom. The van der Waals surface area contributed by atoms with Crippen molar-refractivity contribution < 1.29 is 14.4 Å². The third-order valence-electron chi connectivity index (χ3n) is 3.39. The quantitative estimate of drug-likeness (QED) is 0.851. The lowest BCUT2D eigenvalue weighted by atomic mass is 10.1. The number of nitrogens with zero attached hydrogens (tertiary/aromatic N) is 3. The number of hydrogen-bond acceptors (Lipinski definition) is 5. The lowest BCUT2D eigenvalue weighted by molar-refractivity contribution is 0.0911. The van der Waals surface area contributed by atoms with Gasteiger partial charge in [0, 0.05) is 23.5 Å². The van der Waals surface area contributed by atoms with Crippen molar-refractivity contribution in [1.82, 2.24) is 15.3 Å². The van der Waals surface area contributed by atoms with Gasteiger partial charge in [0.1, 0.15) is 0 Å². The van der Waals surface area contributed by atoms with E-state index in [1.807, 2.05) is 20.8 Å². The molecule has 7 heteroatoms. The van der Waals surface area contributed by atoms with Crippen molar-refractivity contribution in [1.29, 1.82) is 0 Å². The fourth-order valence-electron chi connectivity index (χ4n) is 2.36. The van der Waals surface area contributed by atoms with Gasteiger partial charge in [0.15, 0.2) is 11.4 Å². The molecule has 0 bridgehead atoms. The van der Waals surface area contributed by atoms with Crippen molar-refractivity contribution in [2.24, 2.45) is 0 Å². The molecule has 1 aromatic carbocycles. The summed E-state index contributed by atoms with van der Waals surface area (Å²) in [4.78, 5) is 45.6. The summed E-state index contributed by atoms with van der Waals surface area (Å²) in [7, 11) is 0. The minimum atomic E-state index is -0.519. The molecule has 0 aliphatic carbocycles. The fraction of sp³-hybridized carbons (Fsp3) is 0.235. The van der Waals surface area contributed by atoms with E-state index in [0.717, 1.165) is 4.90 Å². The van der Waals surface area contributed by atoms with Gasteiger partial charge in [-0.25, -0.2) is 14.9 Å². The number of amides is 3. The van der Waals surface area contributed by atoms with E-state index < -0.39 is 11.8 Å². The van der Waals surface area contributed by atoms with E-state index in [1.54, 1.807) is 24.3 Å². The standard InChI is InChI=1S/C17H16N4O3/c1-17(2,3)20-14(22)10-4-6-11(7-5-10)21-15(23)12-13(16(21)24)19-9-8-18-12/h4-9H,1-3H3,(H,20,22). The number of imide groups is 1. The van der Waals surface area contributed by atoms with Gasteiger partial charge in [0.25, 0.3) is 17.7 Å². The summed E-state index contributed by atoms with van der Waals surface area (Å²) < 4.78 is 0. The summed E-state index contributed by atoms with van der Waals surface area (Å²) in [5.41, 5.74) is 0.544. The van der Waals surface area contributed by atoms with Gasteiger partial charge in [-0.05, 0) is 45.0 Å². The van der Waals surface area contributed by atoms with Gasteiger partial charge >= 0.3 is 0 Å². The predicted molar refractivity (Wildman–Crippen MR) is 86.8 cm³/mol. The topological polar surface area (TPSA) is 92.3 Å². The molecule has 1 N–H and O–H groups in total. The number of fused-ring (bicyclic) bond motifs is 1. The highest BCUT2D eigenvalue weighted by Crippen LogP contribution is 2.26. The first-order valence-electron chi connectivity index (χ1n) is 7.40. The first-order chi connectivity index (χ1) is 11.3. The first-order valence-corrected chi connectivity index (χ1v) is 7.40. The maximum atomic E-state index is 12.3. The highest BCUT2D eigenvalue weighted by atomic mass is 16.2. The van der Waals surface area contributed by atoms with Crippen LogP contribution in [-0.2, 0) is 0 Å². The molecule has 7 nitrogen and oxygen atoms in total. The summed E-state index contributed by atoms with van der Waals surface area (Å²) in [5.74, 6) is -1.26. The molecule has 3 amide bonds. The van der Waals surface area contributed by atoms with Crippen molar-refractivity contribution in [3.8, 4) is 0 Å². The van der Waals surface area contributed by atoms with E-state index in [-0.39, 0.29) is 22.8 Å². The van der Waals surface area contributed by atoms with E-state index >= 15 is 0 Å². The van der Waals surface area contributed by atoms with Gasteiger partial charge in [-0.1, -0.05) is 0 Å². The molecule has 24 heavy (non-hydrogen) atoms. The van der Waals surface area contributed by atoms with Gasteiger partial charge in [-0.2, -0.15) is 0 Å². The number of hydrogen-bond donors (Lipinski definition) is 1. The second-order valence-corrected chi connectivity index (χ2v) is 6.45. The van der Waals surface area contributed by atoms with Gasteiger partial charge < -0.3 is 5.32 Å². The van der Waals surface area contributed by atoms with Crippen LogP contribution in [-0.4, -0.2) is 33.2 Å². The van der Waals surface area contributed by atoms with Crippen LogP contribution < -0.4 is 10.2 Å². The first kappa shape index (κ1) is 15.8. The lowest BCUT2D eigenvalue weighted by Crippen LogP contribution is -2.40. The minimum Gasteiger partial charge on any atom is -0.347 e. The van der Waals surface area contributed by atoms with Crippen molar-refractivity contribution in [3.63, 3.8) is 0 Å². The number of rotatable bonds is 2. The van der Waals surface area contributed by atoms with Gasteiger partial charge in [-0.15, -0.1) is 0 Å². The number of aromatic nitrogens is 2. The molecule has 0 spiro atoms. The summed E-state index contributed by atoms with van der Waals surface area (Å²) in [6.07, 6.45) is 2.74. The van der Waals surface area contributed by atoms with Crippen LogP contribution in [0.25, 0.3) is 0 Å². The van der Waals surface area contributed by atoms with E-state index in [9.17, 15) is 14.4 Å². The van der Waals surface area contributed by atoms with E-state index in [0.29, 0.717) is 11.3 Å². The fourth-order valence-corrected chi connectivity index (χ4v) is 2.36. The Morgan fingerprint density at radius 1 is 0.958 bits per heavy atom. The molecule has 0 atom stereocenters. The molecule has 1 aliphatic rings. The molecule has 0 saturated carbocycles.